The van der Waals surface area contributed by atoms with Crippen LogP contribution in [0.4, 0.5) is 16.2 Å². The molecule has 0 aromatic heterocycles. The van der Waals surface area contributed by atoms with E-state index in [4.69, 9.17) is 14.7 Å². The van der Waals surface area contributed by atoms with Crippen molar-refractivity contribution in [2.75, 3.05) is 42.7 Å². The third-order valence-electron chi connectivity index (χ3n) is 6.32. The van der Waals surface area contributed by atoms with E-state index < -0.39 is 5.91 Å². The molecule has 1 saturated heterocycles. The van der Waals surface area contributed by atoms with Gasteiger partial charge in [0, 0.05) is 36.4 Å². The lowest BCUT2D eigenvalue weighted by molar-refractivity contribution is 0.0556. The Morgan fingerprint density at radius 2 is 1.80 bits per heavy atom. The van der Waals surface area contributed by atoms with Gasteiger partial charge in [-0.3, -0.25) is 19.8 Å². The first-order chi connectivity index (χ1) is 14.6. The highest BCUT2D eigenvalue weighted by atomic mass is 16.5. The van der Waals surface area contributed by atoms with Crippen molar-refractivity contribution in [1.29, 1.82) is 0 Å². The molecular weight excluding hydrogens is 386 g/mol. The topological polar surface area (TPSA) is 91.3 Å². The molecule has 3 aliphatic rings. The van der Waals surface area contributed by atoms with Crippen LogP contribution in [-0.2, 0) is 10.2 Å². The average Bonchev–Trinajstić information content (AvgIpc) is 3.11. The predicted octanol–water partition coefficient (Wildman–Crippen LogP) is 2.69. The summed E-state index contributed by atoms with van der Waals surface area (Å²) in [7, 11) is 0. The van der Waals surface area contributed by atoms with Crippen LogP contribution in [0.2, 0.25) is 0 Å². The summed E-state index contributed by atoms with van der Waals surface area (Å²) < 4.78 is 11.3. The Labute approximate surface area is 173 Å². The number of ether oxygens (including phenoxy) is 2. The zero-order valence-electron chi connectivity index (χ0n) is 16.5. The summed E-state index contributed by atoms with van der Waals surface area (Å²) in [4.78, 5) is 29.1. The largest absolute Gasteiger partial charge is 0.490 e. The summed E-state index contributed by atoms with van der Waals surface area (Å²) in [6.45, 7) is 2.74. The molecule has 0 bridgehead atoms. The van der Waals surface area contributed by atoms with Gasteiger partial charge in [0.1, 0.15) is 12.4 Å². The zero-order chi connectivity index (χ0) is 20.7. The second-order valence-corrected chi connectivity index (χ2v) is 7.90. The van der Waals surface area contributed by atoms with Gasteiger partial charge in [0.05, 0.1) is 12.2 Å². The normalized spacial score (nSPS) is 19.1. The van der Waals surface area contributed by atoms with Crippen molar-refractivity contribution in [1.82, 2.24) is 5.48 Å². The van der Waals surface area contributed by atoms with Gasteiger partial charge < -0.3 is 9.47 Å². The SMILES string of the molecule is O=C(NO)c1ccc2c(c1)N(C(=O)N1CC3(CCOCC3)c3ccccc31)CCO2. The number of carbonyl (C=O) groups is 2. The molecule has 1 fully saturated rings. The van der Waals surface area contributed by atoms with Gasteiger partial charge in [-0.25, -0.2) is 10.3 Å². The summed E-state index contributed by atoms with van der Waals surface area (Å²) >= 11 is 0. The minimum Gasteiger partial charge on any atom is -0.490 e. The number of hydrogen-bond donors (Lipinski definition) is 2. The molecule has 8 heteroatoms. The van der Waals surface area contributed by atoms with Gasteiger partial charge in [0.2, 0.25) is 0 Å². The standard InChI is InChI=1S/C22H23N3O5/c26-20(23-28)15-5-6-19-18(13-15)24(9-12-30-19)21(27)25-14-22(7-10-29-11-8-22)16-3-1-2-4-17(16)25/h1-6,13,28H,7-12,14H2,(H,23,26). The van der Waals surface area contributed by atoms with Gasteiger partial charge in [0.15, 0.2) is 0 Å². The third kappa shape index (κ3) is 2.91. The Morgan fingerprint density at radius 3 is 2.60 bits per heavy atom. The average molecular weight is 409 g/mol. The molecule has 3 heterocycles. The molecule has 3 amide bonds. The molecule has 156 valence electrons. The fraction of sp³-hybridized carbons (Fsp3) is 0.364. The quantitative estimate of drug-likeness (QED) is 0.558. The maximum absolute atomic E-state index is 13.7. The number of para-hydroxylation sites is 1. The number of urea groups is 1. The first-order valence-electron chi connectivity index (χ1n) is 10.1. The van der Waals surface area contributed by atoms with Crippen LogP contribution in [0.3, 0.4) is 0 Å². The Hall–Kier alpha value is -3.10. The first kappa shape index (κ1) is 18.9. The number of anilines is 2. The molecule has 0 aliphatic carbocycles. The number of nitrogens with one attached hydrogen (secondary N) is 1. The maximum Gasteiger partial charge on any atom is 0.329 e. The van der Waals surface area contributed by atoms with E-state index in [1.807, 2.05) is 23.1 Å². The van der Waals surface area contributed by atoms with Crippen LogP contribution >= 0.6 is 0 Å². The number of amides is 3. The van der Waals surface area contributed by atoms with E-state index in [2.05, 4.69) is 6.07 Å². The number of benzene rings is 2. The van der Waals surface area contributed by atoms with Gasteiger partial charge in [-0.2, -0.15) is 0 Å². The summed E-state index contributed by atoms with van der Waals surface area (Å²) in [6, 6.07) is 12.7. The Morgan fingerprint density at radius 1 is 1.00 bits per heavy atom. The number of hydrogen-bond acceptors (Lipinski definition) is 5. The Kier molecular flexibility index (Phi) is 4.60. The van der Waals surface area contributed by atoms with E-state index in [1.54, 1.807) is 28.6 Å². The lowest BCUT2D eigenvalue weighted by atomic mass is 9.76. The monoisotopic (exact) mass is 409 g/mol. The highest BCUT2D eigenvalue weighted by molar-refractivity contribution is 6.07. The summed E-state index contributed by atoms with van der Waals surface area (Å²) in [6.07, 6.45) is 1.77. The van der Waals surface area contributed by atoms with Gasteiger partial charge in [-0.15, -0.1) is 0 Å². The molecule has 2 aromatic rings. The third-order valence-corrected chi connectivity index (χ3v) is 6.32. The molecule has 3 aliphatic heterocycles. The first-order valence-corrected chi connectivity index (χ1v) is 10.1. The molecule has 8 nitrogen and oxygen atoms in total. The summed E-state index contributed by atoms with van der Waals surface area (Å²) in [5.41, 5.74) is 4.46. The molecule has 2 aromatic carbocycles. The molecule has 0 atom stereocenters. The minimum absolute atomic E-state index is 0.0851. The van der Waals surface area contributed by atoms with Crippen LogP contribution in [0.15, 0.2) is 42.5 Å². The number of nitrogens with zero attached hydrogens (tertiary/aromatic N) is 2. The van der Waals surface area contributed by atoms with Crippen molar-refractivity contribution < 1.29 is 24.3 Å². The number of fused-ring (bicyclic) bond motifs is 3. The Bertz CT molecular complexity index is 1000. The van der Waals surface area contributed by atoms with Crippen LogP contribution in [0.5, 0.6) is 5.75 Å². The smallest absolute Gasteiger partial charge is 0.329 e. The van der Waals surface area contributed by atoms with Gasteiger partial charge in [-0.05, 0) is 42.7 Å². The van der Waals surface area contributed by atoms with E-state index >= 15 is 0 Å². The van der Waals surface area contributed by atoms with Gasteiger partial charge in [-0.1, -0.05) is 18.2 Å². The zero-order valence-corrected chi connectivity index (χ0v) is 16.5. The van der Waals surface area contributed by atoms with Crippen LogP contribution in [-0.4, -0.2) is 50.1 Å². The second kappa shape index (κ2) is 7.30. The maximum atomic E-state index is 13.7. The van der Waals surface area contributed by atoms with E-state index in [1.165, 1.54) is 5.56 Å². The predicted molar refractivity (Wildman–Crippen MR) is 109 cm³/mol. The minimum atomic E-state index is -0.636. The molecule has 1 spiro atoms. The van der Waals surface area contributed by atoms with Crippen LogP contribution < -0.4 is 20.0 Å². The molecule has 0 saturated carbocycles. The van der Waals surface area contributed by atoms with E-state index in [0.29, 0.717) is 44.3 Å². The lowest BCUT2D eigenvalue weighted by Gasteiger charge is -2.36. The number of carbonyl (C=O) groups excluding carboxylic acids is 2. The highest BCUT2D eigenvalue weighted by Gasteiger charge is 2.46. The van der Waals surface area contributed by atoms with Crippen molar-refractivity contribution in [2.45, 2.75) is 18.3 Å². The van der Waals surface area contributed by atoms with Gasteiger partial charge in [0.25, 0.3) is 5.91 Å². The molecule has 30 heavy (non-hydrogen) atoms. The highest BCUT2D eigenvalue weighted by Crippen LogP contribution is 2.47. The Balaban J connectivity index is 1.51. The van der Waals surface area contributed by atoms with Crippen molar-refractivity contribution in [3.63, 3.8) is 0 Å². The van der Waals surface area contributed by atoms with Crippen molar-refractivity contribution >= 4 is 23.3 Å². The molecule has 0 unspecified atom stereocenters. The van der Waals surface area contributed by atoms with Crippen molar-refractivity contribution in [3.05, 3.63) is 53.6 Å². The lowest BCUT2D eigenvalue weighted by Crippen LogP contribution is -2.49. The van der Waals surface area contributed by atoms with Gasteiger partial charge >= 0.3 is 6.03 Å². The molecule has 2 N–H and O–H groups in total. The van der Waals surface area contributed by atoms with Crippen LogP contribution in [0.1, 0.15) is 28.8 Å². The van der Waals surface area contributed by atoms with E-state index in [-0.39, 0.29) is 17.0 Å². The van der Waals surface area contributed by atoms with E-state index in [9.17, 15) is 9.59 Å². The van der Waals surface area contributed by atoms with Crippen molar-refractivity contribution in [3.8, 4) is 5.75 Å². The van der Waals surface area contributed by atoms with E-state index in [0.717, 1.165) is 18.5 Å². The molecular formula is C22H23N3O5. The molecule has 5 rings (SSSR count). The van der Waals surface area contributed by atoms with Crippen molar-refractivity contribution in [2.24, 2.45) is 0 Å². The van der Waals surface area contributed by atoms with Crippen LogP contribution in [0.25, 0.3) is 0 Å². The second-order valence-electron chi connectivity index (χ2n) is 7.90. The number of rotatable bonds is 1. The van der Waals surface area contributed by atoms with Crippen LogP contribution in [0, 0.1) is 0 Å². The summed E-state index contributed by atoms with van der Waals surface area (Å²) in [5, 5.41) is 8.96. The fourth-order valence-corrected chi connectivity index (χ4v) is 4.76. The molecule has 0 radical (unpaired) electrons. The summed E-state index contributed by atoms with van der Waals surface area (Å²) in [5.74, 6) is -0.0965. The fourth-order valence-electron chi connectivity index (χ4n) is 4.76. The number of hydroxylamine groups is 1.